The van der Waals surface area contributed by atoms with Crippen molar-refractivity contribution in [2.75, 3.05) is 7.05 Å². The van der Waals surface area contributed by atoms with Crippen molar-refractivity contribution in [3.05, 3.63) is 111 Å². The van der Waals surface area contributed by atoms with E-state index in [2.05, 4.69) is 36.6 Å². The summed E-state index contributed by atoms with van der Waals surface area (Å²) in [7, 11) is 1.32. The number of nitrogens with two attached hydrogens (primary N) is 1. The van der Waals surface area contributed by atoms with E-state index in [1.165, 1.54) is 40.0 Å². The molecule has 0 aliphatic carbocycles. The topological polar surface area (TPSA) is 332 Å². The maximum Gasteiger partial charge on any atom is 0.331 e. The fourth-order valence-corrected chi connectivity index (χ4v) is 6.75. The van der Waals surface area contributed by atoms with Gasteiger partial charge in [-0.25, -0.2) is 14.4 Å². The summed E-state index contributed by atoms with van der Waals surface area (Å²) >= 11 is 0. The van der Waals surface area contributed by atoms with Crippen LogP contribution < -0.4 is 43.6 Å². The number of benzene rings is 2. The molecule has 12 N–H and O–H groups in total. The van der Waals surface area contributed by atoms with Crippen LogP contribution in [-0.4, -0.2) is 120 Å². The monoisotopic (exact) mass is 874 g/mol. The summed E-state index contributed by atoms with van der Waals surface area (Å²) in [5.41, 5.74) is 6.12. The third-order valence-electron chi connectivity index (χ3n) is 10.4. The van der Waals surface area contributed by atoms with E-state index in [-0.39, 0.29) is 30.8 Å². The number of phenols is 1. The molecule has 4 aromatic rings. The second-order valence-corrected chi connectivity index (χ2v) is 15.1. The number of aliphatic hydroxyl groups excluding tert-OH is 1. The standard InChI is InChI=1S/C41H50N10O12/c1-20(42)34(55)46-29(15-23-8-7-9-25(52)14-23)37(58)50(4)22(3)33(36(57)44-19-26-17-31(53)38(63-26)51-13-12-32(54)48-41(51)62)49-35(56)21(2)45-40(61)47-30(39(59)60)16-24-18-43-28-11-6-5-10-27(24)28/h5-14,18-22,29-31,33,38,43,52-53H,15-17,42H2,1-4H3,(H,44,57)(H,46,55)(H,49,56)(H,59,60)(H2,45,47,61)(H,48,54,62)/b26-19+/t20-,21-,22-,29-,30-,31+,33-,38+/m0/s1. The summed E-state index contributed by atoms with van der Waals surface area (Å²) < 4.78 is 6.64. The number of carbonyl (C=O) groups is 6. The van der Waals surface area contributed by atoms with Gasteiger partial charge in [-0.3, -0.25) is 33.5 Å². The van der Waals surface area contributed by atoms with Gasteiger partial charge < -0.3 is 62.3 Å². The van der Waals surface area contributed by atoms with Crippen LogP contribution in [0.15, 0.2) is 88.5 Å². The Morgan fingerprint density at radius 1 is 0.937 bits per heavy atom. The number of aromatic amines is 2. The van der Waals surface area contributed by atoms with E-state index in [4.69, 9.17) is 10.5 Å². The first-order valence-electron chi connectivity index (χ1n) is 19.7. The zero-order chi connectivity index (χ0) is 46.1. The van der Waals surface area contributed by atoms with Gasteiger partial charge in [0.1, 0.15) is 41.8 Å². The van der Waals surface area contributed by atoms with E-state index < -0.39 is 95.5 Å². The molecule has 5 rings (SSSR count). The molecule has 6 amide bonds. The van der Waals surface area contributed by atoms with Gasteiger partial charge in [-0.2, -0.15) is 0 Å². The molecule has 1 aliphatic heterocycles. The van der Waals surface area contributed by atoms with Gasteiger partial charge in [-0.05, 0) is 50.1 Å². The predicted octanol–water partition coefficient (Wildman–Crippen LogP) is -1.25. The number of aromatic hydroxyl groups is 1. The zero-order valence-electron chi connectivity index (χ0n) is 34.7. The van der Waals surface area contributed by atoms with Crippen LogP contribution in [0.2, 0.25) is 0 Å². The smallest absolute Gasteiger partial charge is 0.331 e. The fourth-order valence-electron chi connectivity index (χ4n) is 6.75. The first-order valence-corrected chi connectivity index (χ1v) is 19.7. The van der Waals surface area contributed by atoms with E-state index in [9.17, 15) is 53.7 Å². The quantitative estimate of drug-likeness (QED) is 0.0592. The summed E-state index contributed by atoms with van der Waals surface area (Å²) in [5.74, 6) is -4.67. The molecule has 3 heterocycles. The molecule has 22 nitrogen and oxygen atoms in total. The number of urea groups is 1. The second-order valence-electron chi connectivity index (χ2n) is 15.1. The van der Waals surface area contributed by atoms with Crippen molar-refractivity contribution in [3.8, 4) is 5.75 Å². The van der Waals surface area contributed by atoms with Crippen molar-refractivity contribution in [2.45, 2.75) is 88.6 Å². The summed E-state index contributed by atoms with van der Waals surface area (Å²) in [5, 5.41) is 43.7. The number of rotatable bonds is 17. The second kappa shape index (κ2) is 20.4. The Labute approximate surface area is 358 Å². The number of phenolic OH excluding ortho intramolecular Hbond substituents is 1. The summed E-state index contributed by atoms with van der Waals surface area (Å²) in [6.45, 7) is 4.12. The maximum atomic E-state index is 14.1. The van der Waals surface area contributed by atoms with E-state index in [0.717, 1.165) is 38.8 Å². The molecule has 1 aliphatic rings. The number of nitrogens with one attached hydrogen (secondary N) is 7. The van der Waals surface area contributed by atoms with Crippen LogP contribution in [0.3, 0.4) is 0 Å². The third kappa shape index (κ3) is 11.9. The van der Waals surface area contributed by atoms with Crippen molar-refractivity contribution >= 4 is 46.5 Å². The molecular formula is C41H50N10O12. The summed E-state index contributed by atoms with van der Waals surface area (Å²) in [6.07, 6.45) is 0.895. The average Bonchev–Trinajstić information content (AvgIpc) is 3.82. The Kier molecular flexibility index (Phi) is 15.1. The van der Waals surface area contributed by atoms with Gasteiger partial charge in [0.2, 0.25) is 29.9 Å². The molecule has 0 radical (unpaired) electrons. The summed E-state index contributed by atoms with van der Waals surface area (Å²) in [6, 6.07) is 5.37. The lowest BCUT2D eigenvalue weighted by Gasteiger charge is -2.34. The minimum atomic E-state index is -1.60. The van der Waals surface area contributed by atoms with Crippen LogP contribution in [-0.2, 0) is 41.6 Å². The van der Waals surface area contributed by atoms with Gasteiger partial charge in [0, 0.05) is 61.9 Å². The molecule has 1 fully saturated rings. The number of likely N-dealkylation sites (N-methyl/N-ethyl adjacent to an activating group) is 1. The number of carboxylic acids is 1. The average molecular weight is 875 g/mol. The van der Waals surface area contributed by atoms with Gasteiger partial charge in [0.25, 0.3) is 5.56 Å². The number of aliphatic carboxylic acids is 1. The van der Waals surface area contributed by atoms with Gasteiger partial charge in [0.15, 0.2) is 0 Å². The Morgan fingerprint density at radius 2 is 1.67 bits per heavy atom. The molecule has 1 saturated heterocycles. The number of aromatic nitrogens is 3. The number of hydrogen-bond donors (Lipinski definition) is 11. The largest absolute Gasteiger partial charge is 0.508 e. The number of para-hydroxylation sites is 1. The number of hydrogen-bond acceptors (Lipinski definition) is 12. The number of H-pyrrole nitrogens is 2. The molecule has 0 unspecified atom stereocenters. The number of carboxylic acid groups (broad SMARTS) is 1. The normalized spacial score (nSPS) is 18.2. The number of fused-ring (bicyclic) bond motifs is 1. The van der Waals surface area contributed by atoms with Crippen molar-refractivity contribution in [1.29, 1.82) is 0 Å². The van der Waals surface area contributed by atoms with Gasteiger partial charge in [-0.1, -0.05) is 30.3 Å². The number of aliphatic hydroxyl groups is 1. The molecule has 2 aromatic carbocycles. The first kappa shape index (κ1) is 46.6. The lowest BCUT2D eigenvalue weighted by Crippen LogP contribution is -2.62. The molecule has 0 saturated carbocycles. The van der Waals surface area contributed by atoms with Gasteiger partial charge in [-0.15, -0.1) is 0 Å². The molecule has 0 bridgehead atoms. The van der Waals surface area contributed by atoms with Crippen LogP contribution in [0.1, 0.15) is 44.5 Å². The van der Waals surface area contributed by atoms with Crippen molar-refractivity contribution < 1.29 is 48.8 Å². The Hall–Kier alpha value is -7.46. The highest BCUT2D eigenvalue weighted by Gasteiger charge is 2.37. The predicted molar refractivity (Wildman–Crippen MR) is 224 cm³/mol. The van der Waals surface area contributed by atoms with E-state index >= 15 is 0 Å². The fraction of sp³-hybridized carbons (Fsp3) is 0.366. The van der Waals surface area contributed by atoms with E-state index in [0.29, 0.717) is 11.1 Å². The SMILES string of the molecule is C[C@H](N)C(=O)N[C@@H](Cc1cccc(O)c1)C(=O)N(C)[C@@H](C)[C@H](NC(=O)[C@H](C)NC(=O)N[C@@H](Cc1c[nH]c2ccccc12)C(=O)O)C(=O)N/C=C1\C[C@@H](O)[C@H](n2ccc(=O)[nH]c2=O)O1. The molecule has 2 aromatic heterocycles. The highest BCUT2D eigenvalue weighted by atomic mass is 16.5. The van der Waals surface area contributed by atoms with Crippen LogP contribution in [0.5, 0.6) is 5.75 Å². The molecule has 336 valence electrons. The van der Waals surface area contributed by atoms with E-state index in [1.54, 1.807) is 30.5 Å². The molecule has 8 atom stereocenters. The lowest BCUT2D eigenvalue weighted by atomic mass is 10.0. The van der Waals surface area contributed by atoms with Crippen LogP contribution in [0, 0.1) is 0 Å². The molecule has 63 heavy (non-hydrogen) atoms. The molecule has 22 heteroatoms. The van der Waals surface area contributed by atoms with Crippen molar-refractivity contribution in [3.63, 3.8) is 0 Å². The van der Waals surface area contributed by atoms with Crippen LogP contribution in [0.25, 0.3) is 10.9 Å². The maximum absolute atomic E-state index is 14.1. The lowest BCUT2D eigenvalue weighted by molar-refractivity contribution is -0.140. The number of amides is 6. The highest BCUT2D eigenvalue weighted by molar-refractivity contribution is 5.94. The molecule has 0 spiro atoms. The van der Waals surface area contributed by atoms with Gasteiger partial charge in [0.05, 0.1) is 12.1 Å². The van der Waals surface area contributed by atoms with Crippen LogP contribution >= 0.6 is 0 Å². The molecular weight excluding hydrogens is 825 g/mol. The zero-order valence-corrected chi connectivity index (χ0v) is 34.7. The van der Waals surface area contributed by atoms with Gasteiger partial charge >= 0.3 is 17.7 Å². The highest BCUT2D eigenvalue weighted by Crippen LogP contribution is 2.30. The first-order chi connectivity index (χ1) is 29.8. The minimum absolute atomic E-state index is 0.00164. The Morgan fingerprint density at radius 3 is 2.35 bits per heavy atom. The number of nitrogens with zero attached hydrogens (tertiary/aromatic N) is 2. The van der Waals surface area contributed by atoms with Crippen LogP contribution in [0.4, 0.5) is 4.79 Å². The third-order valence-corrected chi connectivity index (χ3v) is 10.4. The number of carbonyl (C=O) groups excluding carboxylic acids is 5. The minimum Gasteiger partial charge on any atom is -0.508 e. The van der Waals surface area contributed by atoms with Crippen molar-refractivity contribution in [1.82, 2.24) is 46.0 Å². The Bertz CT molecular complexity index is 2500. The van der Waals surface area contributed by atoms with E-state index in [1.807, 2.05) is 12.1 Å². The summed E-state index contributed by atoms with van der Waals surface area (Å²) in [4.78, 5) is 110. The van der Waals surface area contributed by atoms with Crippen molar-refractivity contribution in [2.24, 2.45) is 5.73 Å². The number of ether oxygens (including phenoxy) is 1. The Balaban J connectivity index is 1.35.